The van der Waals surface area contributed by atoms with E-state index < -0.39 is 0 Å². The van der Waals surface area contributed by atoms with Crippen molar-refractivity contribution in [1.29, 1.82) is 0 Å². The Morgan fingerprint density at radius 2 is 0.933 bits per heavy atom. The molecule has 0 amide bonds. The van der Waals surface area contributed by atoms with Crippen LogP contribution in [0.2, 0.25) is 0 Å². The summed E-state index contributed by atoms with van der Waals surface area (Å²) in [6.45, 7) is 0. The minimum absolute atomic E-state index is 0.238. The van der Waals surface area contributed by atoms with Crippen LogP contribution >= 0.6 is 0 Å². The zero-order valence-corrected chi connectivity index (χ0v) is 8.08. The highest BCUT2D eigenvalue weighted by atomic mass is 19.1. The van der Waals surface area contributed by atoms with E-state index in [1.165, 1.54) is 24.3 Å². The molecule has 0 heterocycles. The van der Waals surface area contributed by atoms with Crippen LogP contribution in [-0.2, 0) is 0 Å². The molecule has 0 N–H and O–H groups in total. The Labute approximate surface area is 87.8 Å². The highest BCUT2D eigenvalue weighted by Gasteiger charge is 1.99. The number of rotatable bonds is 2. The Bertz CT molecular complexity index is 391. The van der Waals surface area contributed by atoms with Gasteiger partial charge in [-0.3, -0.25) is 0 Å². The zero-order chi connectivity index (χ0) is 10.7. The summed E-state index contributed by atoms with van der Waals surface area (Å²) in [5, 5.41) is 0. The normalized spacial score (nSPS) is 10.0. The lowest BCUT2D eigenvalue weighted by Crippen LogP contribution is -2.26. The molecule has 74 valence electrons. The van der Waals surface area contributed by atoms with E-state index >= 15 is 0 Å². The molecule has 0 aliphatic heterocycles. The minimum Gasteiger partial charge on any atom is -0.207 e. The first kappa shape index (κ1) is 9.90. The van der Waals surface area contributed by atoms with Crippen molar-refractivity contribution in [3.8, 4) is 0 Å². The predicted octanol–water partition coefficient (Wildman–Crippen LogP) is 1.35. The fourth-order valence-electron chi connectivity index (χ4n) is 1.44. The van der Waals surface area contributed by atoms with E-state index in [1.54, 1.807) is 24.3 Å². The van der Waals surface area contributed by atoms with Gasteiger partial charge in [0.25, 0.3) is 0 Å². The van der Waals surface area contributed by atoms with Crippen molar-refractivity contribution in [2.75, 3.05) is 0 Å². The summed E-state index contributed by atoms with van der Waals surface area (Å²) >= 11 is 0. The van der Waals surface area contributed by atoms with Crippen LogP contribution in [0.4, 0.5) is 8.78 Å². The van der Waals surface area contributed by atoms with Gasteiger partial charge >= 0.3 is 0 Å². The van der Waals surface area contributed by atoms with Gasteiger partial charge in [0.2, 0.25) is 0 Å². The van der Waals surface area contributed by atoms with Crippen LogP contribution in [0.25, 0.3) is 0 Å². The third-order valence-electron chi connectivity index (χ3n) is 2.23. The number of benzene rings is 2. The maximum atomic E-state index is 12.6. The van der Waals surface area contributed by atoms with Crippen molar-refractivity contribution in [3.63, 3.8) is 0 Å². The second-order valence-corrected chi connectivity index (χ2v) is 3.43. The van der Waals surface area contributed by atoms with E-state index in [0.29, 0.717) is 7.28 Å². The molecular formula is C12H9BF2. The number of hydrogen-bond acceptors (Lipinski definition) is 0. The van der Waals surface area contributed by atoms with Gasteiger partial charge in [-0.2, -0.15) is 0 Å². The van der Waals surface area contributed by atoms with Gasteiger partial charge < -0.3 is 0 Å². The van der Waals surface area contributed by atoms with Crippen LogP contribution in [0, 0.1) is 11.6 Å². The standard InChI is InChI=1S/C12H9BF2/c14-11-5-1-9(2-6-11)13-10-3-7-12(15)8-4-10/h1-8,13H. The summed E-state index contributed by atoms with van der Waals surface area (Å²) < 4.78 is 25.3. The van der Waals surface area contributed by atoms with Gasteiger partial charge in [-0.15, -0.1) is 0 Å². The average molecular weight is 202 g/mol. The largest absolute Gasteiger partial charge is 0.207 e. The first-order valence-corrected chi connectivity index (χ1v) is 4.73. The zero-order valence-electron chi connectivity index (χ0n) is 8.08. The molecule has 0 atom stereocenters. The quantitative estimate of drug-likeness (QED) is 0.645. The van der Waals surface area contributed by atoms with Crippen molar-refractivity contribution in [2.45, 2.75) is 0 Å². The highest BCUT2D eigenvalue weighted by Crippen LogP contribution is 1.94. The van der Waals surface area contributed by atoms with E-state index in [-0.39, 0.29) is 11.6 Å². The predicted molar refractivity (Wildman–Crippen MR) is 59.2 cm³/mol. The monoisotopic (exact) mass is 202 g/mol. The maximum absolute atomic E-state index is 12.6. The lowest BCUT2D eigenvalue weighted by molar-refractivity contribution is 0.628. The molecule has 0 aliphatic rings. The molecule has 2 rings (SSSR count). The molecule has 0 aliphatic carbocycles. The summed E-state index contributed by atoms with van der Waals surface area (Å²) in [6.07, 6.45) is 0. The third kappa shape index (κ3) is 2.66. The van der Waals surface area contributed by atoms with Gasteiger partial charge in [-0.25, -0.2) is 8.78 Å². The minimum atomic E-state index is -0.238. The number of halogens is 2. The molecule has 0 nitrogen and oxygen atoms in total. The van der Waals surface area contributed by atoms with Crippen LogP contribution < -0.4 is 10.9 Å². The smallest absolute Gasteiger partial charge is 0.192 e. The SMILES string of the molecule is Fc1ccc(Bc2ccc(F)cc2)cc1. The molecular weight excluding hydrogens is 193 g/mol. The van der Waals surface area contributed by atoms with Gasteiger partial charge in [0.1, 0.15) is 11.6 Å². The molecule has 2 aromatic rings. The summed E-state index contributed by atoms with van der Waals surface area (Å²) in [4.78, 5) is 0. The highest BCUT2D eigenvalue weighted by molar-refractivity contribution is 6.67. The van der Waals surface area contributed by atoms with Crippen LogP contribution in [0.3, 0.4) is 0 Å². The first-order valence-electron chi connectivity index (χ1n) is 4.73. The number of hydrogen-bond donors (Lipinski definition) is 0. The summed E-state index contributed by atoms with van der Waals surface area (Å²) in [6, 6.07) is 12.7. The molecule has 15 heavy (non-hydrogen) atoms. The van der Waals surface area contributed by atoms with Crippen LogP contribution in [0.15, 0.2) is 48.5 Å². The lowest BCUT2D eigenvalue weighted by Gasteiger charge is -1.99. The summed E-state index contributed by atoms with van der Waals surface area (Å²) in [5.74, 6) is -0.476. The van der Waals surface area contributed by atoms with Crippen molar-refractivity contribution in [3.05, 3.63) is 60.2 Å². The summed E-state index contributed by atoms with van der Waals surface area (Å²) in [7, 11) is 0.695. The van der Waals surface area contributed by atoms with Gasteiger partial charge in [-0.05, 0) is 24.3 Å². The molecule has 2 aromatic carbocycles. The fourth-order valence-corrected chi connectivity index (χ4v) is 1.44. The molecule has 0 bridgehead atoms. The van der Waals surface area contributed by atoms with Crippen molar-refractivity contribution in [1.82, 2.24) is 0 Å². The van der Waals surface area contributed by atoms with Gasteiger partial charge in [0, 0.05) is 0 Å². The molecule has 0 saturated heterocycles. The fraction of sp³-hybridized carbons (Fsp3) is 0. The lowest BCUT2D eigenvalue weighted by atomic mass is 9.64. The molecule has 0 fully saturated rings. The van der Waals surface area contributed by atoms with Crippen molar-refractivity contribution >= 4 is 18.2 Å². The Kier molecular flexibility index (Phi) is 2.81. The van der Waals surface area contributed by atoms with Crippen LogP contribution in [-0.4, -0.2) is 7.28 Å². The third-order valence-corrected chi connectivity index (χ3v) is 2.23. The Morgan fingerprint density at radius 1 is 0.600 bits per heavy atom. The van der Waals surface area contributed by atoms with E-state index in [0.717, 1.165) is 10.9 Å². The Hall–Kier alpha value is -1.64. The Morgan fingerprint density at radius 3 is 1.27 bits per heavy atom. The van der Waals surface area contributed by atoms with Crippen molar-refractivity contribution in [2.24, 2.45) is 0 Å². The van der Waals surface area contributed by atoms with Gasteiger partial charge in [0.15, 0.2) is 7.28 Å². The molecule has 0 aromatic heterocycles. The second kappa shape index (κ2) is 4.26. The maximum Gasteiger partial charge on any atom is 0.192 e. The van der Waals surface area contributed by atoms with Crippen LogP contribution in [0.5, 0.6) is 0 Å². The second-order valence-electron chi connectivity index (χ2n) is 3.43. The molecule has 0 saturated carbocycles. The topological polar surface area (TPSA) is 0 Å². The van der Waals surface area contributed by atoms with E-state index in [4.69, 9.17) is 0 Å². The molecule has 3 heteroatoms. The molecule has 0 unspecified atom stereocenters. The van der Waals surface area contributed by atoms with Crippen molar-refractivity contribution < 1.29 is 8.78 Å². The Balaban J connectivity index is 2.15. The van der Waals surface area contributed by atoms with Gasteiger partial charge in [0.05, 0.1) is 0 Å². The average Bonchev–Trinajstić information content (AvgIpc) is 2.25. The van der Waals surface area contributed by atoms with E-state index in [9.17, 15) is 8.78 Å². The molecule has 0 radical (unpaired) electrons. The van der Waals surface area contributed by atoms with E-state index in [1.807, 2.05) is 0 Å². The van der Waals surface area contributed by atoms with Gasteiger partial charge in [-0.1, -0.05) is 35.2 Å². The van der Waals surface area contributed by atoms with E-state index in [2.05, 4.69) is 0 Å². The first-order chi connectivity index (χ1) is 7.24. The van der Waals surface area contributed by atoms with Crippen LogP contribution in [0.1, 0.15) is 0 Å². The molecule has 0 spiro atoms. The summed E-state index contributed by atoms with van der Waals surface area (Å²) in [5.41, 5.74) is 2.03.